The number of methoxy groups -OCH3 is 1. The van der Waals surface area contributed by atoms with Crippen LogP contribution in [-0.2, 0) is 16.0 Å². The average Bonchev–Trinajstić information content (AvgIpc) is 3.01. The number of benzene rings is 2. The van der Waals surface area contributed by atoms with Crippen molar-refractivity contribution in [1.82, 2.24) is 0 Å². The van der Waals surface area contributed by atoms with E-state index in [4.69, 9.17) is 10.5 Å². The summed E-state index contributed by atoms with van der Waals surface area (Å²) < 4.78 is 5.25. The van der Waals surface area contributed by atoms with Crippen molar-refractivity contribution in [3.8, 4) is 11.8 Å². The number of amides is 2. The number of ether oxygens (including phenoxy) is 1. The Balaban J connectivity index is 2.04. The van der Waals surface area contributed by atoms with Crippen LogP contribution in [0.2, 0.25) is 0 Å². The van der Waals surface area contributed by atoms with Crippen LogP contribution in [0.5, 0.6) is 5.75 Å². The molecule has 3 rings (SSSR count). The smallest absolute Gasteiger partial charge is 0.262 e. The Bertz CT molecular complexity index is 1060. The first-order valence-corrected chi connectivity index (χ1v) is 9.88. The van der Waals surface area contributed by atoms with E-state index in [9.17, 15) is 14.9 Å². The Morgan fingerprint density at radius 3 is 2.62 bits per heavy atom. The molecule has 1 unspecified atom stereocenters. The molecule has 2 aromatic rings. The van der Waals surface area contributed by atoms with E-state index in [1.807, 2.05) is 32.0 Å². The number of nitrogens with zero attached hydrogens (tertiary/aromatic N) is 2. The lowest BCUT2D eigenvalue weighted by molar-refractivity contribution is -0.117. The summed E-state index contributed by atoms with van der Waals surface area (Å²) >= 11 is 1.19. The van der Waals surface area contributed by atoms with Crippen LogP contribution in [0, 0.1) is 25.2 Å². The predicted octanol–water partition coefficient (Wildman–Crippen LogP) is 3.22. The van der Waals surface area contributed by atoms with Crippen LogP contribution in [0.1, 0.15) is 16.7 Å². The first-order chi connectivity index (χ1) is 13.8. The van der Waals surface area contributed by atoms with E-state index in [0.717, 1.165) is 11.1 Å². The van der Waals surface area contributed by atoms with Crippen LogP contribution in [0.15, 0.2) is 53.1 Å². The number of rotatable bonds is 5. The Labute approximate surface area is 173 Å². The molecule has 0 radical (unpaired) electrons. The molecular formula is C22H21N3O3S. The molecule has 7 heteroatoms. The number of hydrogen-bond acceptors (Lipinski definition) is 5. The zero-order valence-corrected chi connectivity index (χ0v) is 17.2. The maximum absolute atomic E-state index is 13.3. The van der Waals surface area contributed by atoms with Gasteiger partial charge in [-0.3, -0.25) is 14.5 Å². The second-order valence-electron chi connectivity index (χ2n) is 6.76. The molecule has 1 aliphatic rings. The summed E-state index contributed by atoms with van der Waals surface area (Å²) in [5.74, 6) is -0.497. The molecule has 29 heavy (non-hydrogen) atoms. The van der Waals surface area contributed by atoms with E-state index in [0.29, 0.717) is 17.9 Å². The van der Waals surface area contributed by atoms with Crippen molar-refractivity contribution in [3.05, 3.63) is 69.8 Å². The molecule has 1 atom stereocenters. The zero-order valence-electron chi connectivity index (χ0n) is 16.4. The molecule has 0 spiro atoms. The maximum Gasteiger partial charge on any atom is 0.262 e. The zero-order chi connectivity index (χ0) is 21.1. The van der Waals surface area contributed by atoms with E-state index < -0.39 is 11.2 Å². The van der Waals surface area contributed by atoms with Gasteiger partial charge in [-0.2, -0.15) is 5.26 Å². The number of primary amides is 1. The number of nitriles is 1. The molecule has 6 nitrogen and oxygen atoms in total. The lowest BCUT2D eigenvalue weighted by Gasteiger charge is -2.19. The van der Waals surface area contributed by atoms with Gasteiger partial charge in [-0.15, -0.1) is 0 Å². The van der Waals surface area contributed by atoms with Crippen molar-refractivity contribution in [2.45, 2.75) is 25.5 Å². The normalized spacial score (nSPS) is 17.8. The Kier molecular flexibility index (Phi) is 5.95. The van der Waals surface area contributed by atoms with Gasteiger partial charge in [-0.05, 0) is 49.1 Å². The summed E-state index contributed by atoms with van der Waals surface area (Å²) in [6.45, 7) is 4.06. The van der Waals surface area contributed by atoms with Gasteiger partial charge in [0.1, 0.15) is 22.4 Å². The van der Waals surface area contributed by atoms with Crippen molar-refractivity contribution >= 4 is 29.3 Å². The summed E-state index contributed by atoms with van der Waals surface area (Å²) in [7, 11) is 1.53. The van der Waals surface area contributed by atoms with E-state index in [2.05, 4.69) is 6.07 Å². The first-order valence-electron chi connectivity index (χ1n) is 9.00. The molecule has 1 heterocycles. The Morgan fingerprint density at radius 1 is 1.24 bits per heavy atom. The minimum absolute atomic E-state index is 0.203. The second kappa shape index (κ2) is 8.41. The van der Waals surface area contributed by atoms with E-state index in [-0.39, 0.29) is 16.5 Å². The maximum atomic E-state index is 13.3. The van der Waals surface area contributed by atoms with Crippen molar-refractivity contribution in [3.63, 3.8) is 0 Å². The number of carbonyl (C=O) groups excluding carboxylic acids is 2. The molecule has 0 saturated carbocycles. The highest BCUT2D eigenvalue weighted by atomic mass is 32.2. The van der Waals surface area contributed by atoms with Gasteiger partial charge in [0.05, 0.1) is 18.0 Å². The molecule has 1 fully saturated rings. The lowest BCUT2D eigenvalue weighted by Crippen LogP contribution is -2.31. The minimum Gasteiger partial charge on any atom is -0.497 e. The topological polar surface area (TPSA) is 96.4 Å². The minimum atomic E-state index is -0.859. The monoisotopic (exact) mass is 407 g/mol. The van der Waals surface area contributed by atoms with Gasteiger partial charge in [0, 0.05) is 6.07 Å². The van der Waals surface area contributed by atoms with Gasteiger partial charge in [-0.1, -0.05) is 36.0 Å². The summed E-state index contributed by atoms with van der Waals surface area (Å²) in [5.41, 5.74) is 9.04. The largest absolute Gasteiger partial charge is 0.497 e. The molecule has 2 N–H and O–H groups in total. The van der Waals surface area contributed by atoms with Crippen LogP contribution < -0.4 is 15.4 Å². The molecule has 1 aliphatic heterocycles. The highest BCUT2D eigenvalue weighted by Crippen LogP contribution is 2.42. The fourth-order valence-electron chi connectivity index (χ4n) is 3.13. The first kappa shape index (κ1) is 20.5. The highest BCUT2D eigenvalue weighted by Gasteiger charge is 2.40. The molecular weight excluding hydrogens is 386 g/mol. The van der Waals surface area contributed by atoms with Crippen LogP contribution in [0.4, 0.5) is 5.69 Å². The van der Waals surface area contributed by atoms with E-state index in [1.54, 1.807) is 24.3 Å². The second-order valence-corrected chi connectivity index (χ2v) is 7.95. The van der Waals surface area contributed by atoms with Gasteiger partial charge in [0.15, 0.2) is 0 Å². The standard InChI is InChI=1S/C22H21N3O3S/c1-13-7-8-15(9-14(13)2)10-19-21(27)25(16-5-4-6-17(11-16)28-3)22(29-19)18(12-23)20(24)26/h4-9,11,19H,10H2,1-3H3,(H2,24,26). The number of thioether (sulfide) groups is 1. The quantitative estimate of drug-likeness (QED) is 0.606. The van der Waals surface area contributed by atoms with Crippen LogP contribution >= 0.6 is 11.8 Å². The fraction of sp³-hybridized carbons (Fsp3) is 0.227. The average molecular weight is 407 g/mol. The van der Waals surface area contributed by atoms with E-state index in [1.165, 1.54) is 29.3 Å². The summed E-state index contributed by atoms with van der Waals surface area (Å²) in [6, 6.07) is 14.8. The molecule has 2 amide bonds. The van der Waals surface area contributed by atoms with Crippen molar-refractivity contribution in [2.75, 3.05) is 12.0 Å². The molecule has 1 saturated heterocycles. The van der Waals surface area contributed by atoms with Crippen molar-refractivity contribution < 1.29 is 14.3 Å². The highest BCUT2D eigenvalue weighted by molar-refractivity contribution is 8.05. The number of nitrogens with two attached hydrogens (primary N) is 1. The summed E-state index contributed by atoms with van der Waals surface area (Å²) in [5, 5.41) is 9.25. The lowest BCUT2D eigenvalue weighted by atomic mass is 10.0. The van der Waals surface area contributed by atoms with Crippen LogP contribution in [0.25, 0.3) is 0 Å². The van der Waals surface area contributed by atoms with Crippen molar-refractivity contribution in [2.24, 2.45) is 5.73 Å². The van der Waals surface area contributed by atoms with Gasteiger partial charge in [0.25, 0.3) is 5.91 Å². The van der Waals surface area contributed by atoms with Gasteiger partial charge in [0.2, 0.25) is 5.91 Å². The van der Waals surface area contributed by atoms with Crippen molar-refractivity contribution in [1.29, 1.82) is 5.26 Å². The fourth-order valence-corrected chi connectivity index (χ4v) is 4.44. The third-order valence-corrected chi connectivity index (χ3v) is 6.09. The van der Waals surface area contributed by atoms with Crippen LogP contribution in [0.3, 0.4) is 0 Å². The van der Waals surface area contributed by atoms with E-state index >= 15 is 0 Å². The Hall–Kier alpha value is -3.24. The molecule has 148 valence electrons. The van der Waals surface area contributed by atoms with Gasteiger partial charge in [-0.25, -0.2) is 0 Å². The summed E-state index contributed by atoms with van der Waals surface area (Å²) in [4.78, 5) is 26.5. The molecule has 0 aliphatic carbocycles. The molecule has 0 bridgehead atoms. The number of carbonyl (C=O) groups is 2. The molecule has 2 aromatic carbocycles. The predicted molar refractivity (Wildman–Crippen MR) is 113 cm³/mol. The molecule has 0 aromatic heterocycles. The number of anilines is 1. The number of aryl methyl sites for hydroxylation is 2. The third-order valence-electron chi connectivity index (χ3n) is 4.83. The SMILES string of the molecule is COc1cccc(N2C(=O)C(Cc3ccc(C)c(C)c3)SC2=C(C#N)C(N)=O)c1. The van der Waals surface area contributed by atoms with Gasteiger partial charge < -0.3 is 10.5 Å². The Morgan fingerprint density at radius 2 is 2.00 bits per heavy atom. The third kappa shape index (κ3) is 4.13. The summed E-state index contributed by atoms with van der Waals surface area (Å²) in [6.07, 6.45) is 0.478. The van der Waals surface area contributed by atoms with Crippen LogP contribution in [-0.4, -0.2) is 24.2 Å². The van der Waals surface area contributed by atoms with Gasteiger partial charge >= 0.3 is 0 Å². The number of hydrogen-bond donors (Lipinski definition) is 1.